The molecule has 0 spiro atoms. The lowest BCUT2D eigenvalue weighted by Gasteiger charge is -2.01. The lowest BCUT2D eigenvalue weighted by atomic mass is 10.0. The molecule has 2 aromatic rings. The molecule has 4 heteroatoms. The Hall–Kier alpha value is -2.46. The molecule has 1 saturated heterocycles. The number of ketones is 1. The molecule has 0 aliphatic carbocycles. The average Bonchev–Trinajstić information content (AvgIpc) is 3.35. The van der Waals surface area contributed by atoms with Crippen LogP contribution in [0.3, 0.4) is 0 Å². The predicted molar refractivity (Wildman–Crippen MR) is 76.2 cm³/mol. The topological polar surface area (TPSA) is 55.9 Å². The largest absolute Gasteiger partial charge is 0.465 e. The van der Waals surface area contributed by atoms with E-state index in [0.29, 0.717) is 11.1 Å². The molecule has 0 bridgehead atoms. The van der Waals surface area contributed by atoms with Gasteiger partial charge in [0.15, 0.2) is 11.9 Å². The minimum Gasteiger partial charge on any atom is -0.465 e. The maximum atomic E-state index is 12.3. The number of esters is 1. The van der Waals surface area contributed by atoms with E-state index in [1.807, 2.05) is 30.3 Å². The molecule has 1 aliphatic heterocycles. The molecule has 4 nitrogen and oxygen atoms in total. The zero-order valence-electron chi connectivity index (χ0n) is 11.5. The van der Waals surface area contributed by atoms with Crippen molar-refractivity contribution in [3.05, 3.63) is 71.3 Å². The summed E-state index contributed by atoms with van der Waals surface area (Å²) in [4.78, 5) is 23.6. The lowest BCUT2D eigenvalue weighted by Crippen LogP contribution is -2.09. The molecule has 3 rings (SSSR count). The Balaban J connectivity index is 1.71. The minimum absolute atomic E-state index is 0.0692. The maximum Gasteiger partial charge on any atom is 0.337 e. The van der Waals surface area contributed by atoms with Crippen molar-refractivity contribution < 1.29 is 19.1 Å². The molecule has 21 heavy (non-hydrogen) atoms. The van der Waals surface area contributed by atoms with E-state index in [4.69, 9.17) is 4.74 Å². The van der Waals surface area contributed by atoms with Crippen LogP contribution in [-0.2, 0) is 9.47 Å². The van der Waals surface area contributed by atoms with Crippen molar-refractivity contribution >= 4 is 11.8 Å². The fourth-order valence-electron chi connectivity index (χ4n) is 2.26. The Morgan fingerprint density at radius 3 is 2.19 bits per heavy atom. The van der Waals surface area contributed by atoms with E-state index in [1.165, 1.54) is 7.11 Å². The molecular weight excluding hydrogens is 268 g/mol. The second-order valence-electron chi connectivity index (χ2n) is 4.82. The van der Waals surface area contributed by atoms with E-state index < -0.39 is 12.1 Å². The van der Waals surface area contributed by atoms with Gasteiger partial charge in [0.05, 0.1) is 12.7 Å². The van der Waals surface area contributed by atoms with Crippen LogP contribution < -0.4 is 0 Å². The van der Waals surface area contributed by atoms with Crippen molar-refractivity contribution in [1.82, 2.24) is 0 Å². The zero-order valence-corrected chi connectivity index (χ0v) is 11.5. The third kappa shape index (κ3) is 2.71. The molecule has 0 amide bonds. The Morgan fingerprint density at radius 2 is 1.57 bits per heavy atom. The number of rotatable bonds is 4. The number of methoxy groups -OCH3 is 1. The van der Waals surface area contributed by atoms with Gasteiger partial charge in [0.2, 0.25) is 0 Å². The van der Waals surface area contributed by atoms with Crippen molar-refractivity contribution in [2.45, 2.75) is 12.2 Å². The van der Waals surface area contributed by atoms with E-state index >= 15 is 0 Å². The molecular formula is C17H14O4. The highest BCUT2D eigenvalue weighted by Gasteiger charge is 2.46. The molecule has 2 aromatic carbocycles. The first-order valence-corrected chi connectivity index (χ1v) is 6.63. The first-order chi connectivity index (χ1) is 10.2. The van der Waals surface area contributed by atoms with Gasteiger partial charge in [-0.05, 0) is 17.7 Å². The second kappa shape index (κ2) is 5.50. The number of hydrogen-bond acceptors (Lipinski definition) is 4. The van der Waals surface area contributed by atoms with Crippen LogP contribution in [0.4, 0.5) is 0 Å². The number of carbonyl (C=O) groups excluding carboxylic acids is 2. The molecule has 2 unspecified atom stereocenters. The van der Waals surface area contributed by atoms with E-state index in [2.05, 4.69) is 4.74 Å². The van der Waals surface area contributed by atoms with Crippen LogP contribution in [0.1, 0.15) is 32.4 Å². The summed E-state index contributed by atoms with van der Waals surface area (Å²) in [6.07, 6.45) is -0.602. The van der Waals surface area contributed by atoms with Gasteiger partial charge in [-0.2, -0.15) is 0 Å². The molecule has 0 N–H and O–H groups in total. The van der Waals surface area contributed by atoms with Crippen LogP contribution in [0.15, 0.2) is 54.6 Å². The van der Waals surface area contributed by atoms with Gasteiger partial charge < -0.3 is 9.47 Å². The van der Waals surface area contributed by atoms with E-state index in [0.717, 1.165) is 5.56 Å². The number of carbonyl (C=O) groups is 2. The molecule has 1 heterocycles. The van der Waals surface area contributed by atoms with Crippen molar-refractivity contribution in [3.63, 3.8) is 0 Å². The standard InChI is InChI=1S/C17H14O4/c1-20-17(19)13-9-7-11(8-10-13)14(18)16-15(21-16)12-5-3-2-4-6-12/h2-10,15-16H,1H3. The zero-order chi connectivity index (χ0) is 14.8. The van der Waals surface area contributed by atoms with Gasteiger partial charge in [-0.25, -0.2) is 4.79 Å². The van der Waals surface area contributed by atoms with Crippen molar-refractivity contribution in [2.24, 2.45) is 0 Å². The van der Waals surface area contributed by atoms with Crippen molar-refractivity contribution in [1.29, 1.82) is 0 Å². The predicted octanol–water partition coefficient (Wildman–Crippen LogP) is 2.80. The van der Waals surface area contributed by atoms with Gasteiger partial charge in [0.1, 0.15) is 6.10 Å². The molecule has 2 atom stereocenters. The maximum absolute atomic E-state index is 12.3. The summed E-state index contributed by atoms with van der Waals surface area (Å²) in [6.45, 7) is 0. The number of ether oxygens (including phenoxy) is 2. The van der Waals surface area contributed by atoms with Crippen molar-refractivity contribution in [2.75, 3.05) is 7.11 Å². The summed E-state index contributed by atoms with van der Waals surface area (Å²) in [5.41, 5.74) is 1.96. The van der Waals surface area contributed by atoms with Gasteiger partial charge >= 0.3 is 5.97 Å². The van der Waals surface area contributed by atoms with E-state index in [-0.39, 0.29) is 11.9 Å². The first kappa shape index (κ1) is 13.5. The second-order valence-corrected chi connectivity index (χ2v) is 4.82. The number of Topliss-reactive ketones (excluding diaryl/α,β-unsaturated/α-hetero) is 1. The summed E-state index contributed by atoms with van der Waals surface area (Å²) in [5, 5.41) is 0. The lowest BCUT2D eigenvalue weighted by molar-refractivity contribution is 0.0600. The van der Waals surface area contributed by atoms with Crippen LogP contribution in [-0.4, -0.2) is 25.0 Å². The van der Waals surface area contributed by atoms with Gasteiger partial charge in [-0.15, -0.1) is 0 Å². The van der Waals surface area contributed by atoms with E-state index in [9.17, 15) is 9.59 Å². The third-order valence-electron chi connectivity index (χ3n) is 3.47. The molecule has 0 radical (unpaired) electrons. The Morgan fingerprint density at radius 1 is 0.952 bits per heavy atom. The SMILES string of the molecule is COC(=O)c1ccc(C(=O)C2OC2c2ccccc2)cc1. The van der Waals surface area contributed by atoms with Crippen LogP contribution in [0, 0.1) is 0 Å². The Labute approximate surface area is 122 Å². The van der Waals surface area contributed by atoms with E-state index in [1.54, 1.807) is 24.3 Å². The van der Waals surface area contributed by atoms with Gasteiger partial charge in [0.25, 0.3) is 0 Å². The molecule has 1 aliphatic rings. The summed E-state index contributed by atoms with van der Waals surface area (Å²) < 4.78 is 10.1. The smallest absolute Gasteiger partial charge is 0.337 e. The summed E-state index contributed by atoms with van der Waals surface area (Å²) in [6, 6.07) is 16.1. The first-order valence-electron chi connectivity index (χ1n) is 6.63. The van der Waals surface area contributed by atoms with Gasteiger partial charge in [-0.3, -0.25) is 4.79 Å². The number of hydrogen-bond donors (Lipinski definition) is 0. The van der Waals surface area contributed by atoms with Crippen molar-refractivity contribution in [3.8, 4) is 0 Å². The highest BCUT2D eigenvalue weighted by Crippen LogP contribution is 2.40. The summed E-state index contributed by atoms with van der Waals surface area (Å²) in [7, 11) is 1.32. The normalized spacial score (nSPS) is 19.9. The monoisotopic (exact) mass is 282 g/mol. The van der Waals surface area contributed by atoms with Crippen LogP contribution in [0.25, 0.3) is 0 Å². The number of benzene rings is 2. The highest BCUT2D eigenvalue weighted by molar-refractivity contribution is 6.02. The molecule has 0 aromatic heterocycles. The Bertz CT molecular complexity index is 661. The molecule has 1 fully saturated rings. The van der Waals surface area contributed by atoms with Crippen LogP contribution in [0.5, 0.6) is 0 Å². The fourth-order valence-corrected chi connectivity index (χ4v) is 2.26. The highest BCUT2D eigenvalue weighted by atomic mass is 16.6. The van der Waals surface area contributed by atoms with Crippen LogP contribution in [0.2, 0.25) is 0 Å². The summed E-state index contributed by atoms with van der Waals surface area (Å²) in [5.74, 6) is -0.487. The van der Waals surface area contributed by atoms with Crippen LogP contribution >= 0.6 is 0 Å². The Kier molecular flexibility index (Phi) is 3.54. The van der Waals surface area contributed by atoms with Gasteiger partial charge in [0, 0.05) is 5.56 Å². The number of epoxide rings is 1. The molecule has 106 valence electrons. The fraction of sp³-hybridized carbons (Fsp3) is 0.176. The summed E-state index contributed by atoms with van der Waals surface area (Å²) >= 11 is 0. The average molecular weight is 282 g/mol. The third-order valence-corrected chi connectivity index (χ3v) is 3.47. The quantitative estimate of drug-likeness (QED) is 0.491. The van der Waals surface area contributed by atoms with Gasteiger partial charge in [-0.1, -0.05) is 42.5 Å². The molecule has 0 saturated carbocycles. The minimum atomic E-state index is -0.434.